The summed E-state index contributed by atoms with van der Waals surface area (Å²) < 4.78 is 32.8. The minimum Gasteiger partial charge on any atom is -0.380 e. The topological polar surface area (TPSA) is 61.8 Å². The number of nitrogens with zero attached hydrogens (tertiary/aromatic N) is 3. The maximum absolute atomic E-state index is 14.0. The maximum atomic E-state index is 14.0. The van der Waals surface area contributed by atoms with E-state index in [9.17, 15) is 8.78 Å². The summed E-state index contributed by atoms with van der Waals surface area (Å²) in [5.41, 5.74) is 1.42. The number of aliphatic imine (C=N–C) groups is 1. The van der Waals surface area contributed by atoms with Crippen molar-refractivity contribution in [1.29, 1.82) is 0 Å². The average Bonchev–Trinajstić information content (AvgIpc) is 3.17. The van der Waals surface area contributed by atoms with Crippen molar-refractivity contribution in [2.45, 2.75) is 32.5 Å². The van der Waals surface area contributed by atoms with Crippen molar-refractivity contribution in [3.8, 4) is 0 Å². The first-order valence-corrected chi connectivity index (χ1v) is 9.77. The minimum atomic E-state index is -0.308. The van der Waals surface area contributed by atoms with E-state index in [1.165, 1.54) is 12.1 Å². The molecule has 1 fully saturated rings. The number of pyridine rings is 1. The van der Waals surface area contributed by atoms with Crippen molar-refractivity contribution in [2.24, 2.45) is 4.99 Å². The number of halogens is 2. The molecule has 0 aliphatic carbocycles. The quantitative estimate of drug-likeness (QED) is 0.550. The van der Waals surface area contributed by atoms with Gasteiger partial charge in [0.05, 0.1) is 13.2 Å². The van der Waals surface area contributed by atoms with Gasteiger partial charge in [-0.15, -0.1) is 0 Å². The maximum Gasteiger partial charge on any atom is 0.191 e. The van der Waals surface area contributed by atoms with Gasteiger partial charge >= 0.3 is 0 Å². The molecule has 1 aliphatic heterocycles. The lowest BCUT2D eigenvalue weighted by molar-refractivity contribution is 0.181. The summed E-state index contributed by atoms with van der Waals surface area (Å²) in [4.78, 5) is 10.7. The zero-order valence-corrected chi connectivity index (χ0v) is 16.8. The Labute approximate surface area is 170 Å². The van der Waals surface area contributed by atoms with Gasteiger partial charge in [0, 0.05) is 44.5 Å². The smallest absolute Gasteiger partial charge is 0.191 e. The van der Waals surface area contributed by atoms with Gasteiger partial charge in [-0.3, -0.25) is 0 Å². The van der Waals surface area contributed by atoms with Crippen molar-refractivity contribution in [3.05, 3.63) is 59.3 Å². The van der Waals surface area contributed by atoms with E-state index in [1.807, 2.05) is 11.8 Å². The van der Waals surface area contributed by atoms with E-state index in [0.717, 1.165) is 25.1 Å². The molecular weight excluding hydrogens is 376 g/mol. The largest absolute Gasteiger partial charge is 0.380 e. The second kappa shape index (κ2) is 10.2. The summed E-state index contributed by atoms with van der Waals surface area (Å²) in [6.07, 6.45) is 2.46. The van der Waals surface area contributed by atoms with Crippen LogP contribution in [0.1, 0.15) is 24.5 Å². The van der Waals surface area contributed by atoms with E-state index in [1.54, 1.807) is 31.5 Å². The molecule has 156 valence electrons. The molecule has 1 saturated heterocycles. The third-order valence-electron chi connectivity index (χ3n) is 4.74. The summed E-state index contributed by atoms with van der Waals surface area (Å²) in [6, 6.07) is 8.08. The monoisotopic (exact) mass is 403 g/mol. The van der Waals surface area contributed by atoms with E-state index in [2.05, 4.69) is 20.6 Å². The first kappa shape index (κ1) is 21.0. The van der Waals surface area contributed by atoms with Gasteiger partial charge in [0.1, 0.15) is 5.82 Å². The van der Waals surface area contributed by atoms with Crippen LogP contribution in [-0.2, 0) is 17.9 Å². The van der Waals surface area contributed by atoms with Crippen molar-refractivity contribution < 1.29 is 13.5 Å². The lowest BCUT2D eigenvalue weighted by Crippen LogP contribution is -2.44. The lowest BCUT2D eigenvalue weighted by atomic mass is 10.1. The number of aromatic nitrogens is 1. The fraction of sp³-hybridized carbons (Fsp3) is 0.429. The average molecular weight is 403 g/mol. The van der Waals surface area contributed by atoms with Crippen molar-refractivity contribution >= 4 is 11.8 Å². The number of nitrogens with one attached hydrogen (secondary N) is 2. The molecule has 2 heterocycles. The van der Waals surface area contributed by atoms with Crippen molar-refractivity contribution in [3.63, 3.8) is 0 Å². The van der Waals surface area contributed by atoms with E-state index >= 15 is 0 Å². The number of ether oxygens (including phenoxy) is 1. The lowest BCUT2D eigenvalue weighted by Gasteiger charge is -2.20. The molecule has 2 N–H and O–H groups in total. The van der Waals surface area contributed by atoms with Gasteiger partial charge in [-0.1, -0.05) is 6.07 Å². The Morgan fingerprint density at radius 2 is 2.17 bits per heavy atom. The highest BCUT2D eigenvalue weighted by atomic mass is 19.1. The number of methoxy groups -OCH3 is 1. The molecule has 2 aromatic rings. The van der Waals surface area contributed by atoms with Gasteiger partial charge in [-0.05, 0) is 43.2 Å². The Hall–Kier alpha value is -2.74. The Kier molecular flexibility index (Phi) is 7.35. The van der Waals surface area contributed by atoms with Gasteiger partial charge < -0.3 is 20.3 Å². The van der Waals surface area contributed by atoms with E-state index in [-0.39, 0.29) is 24.3 Å². The molecule has 0 saturated carbocycles. The molecule has 8 heteroatoms. The molecule has 1 aromatic carbocycles. The van der Waals surface area contributed by atoms with Crippen LogP contribution in [0.4, 0.5) is 14.6 Å². The van der Waals surface area contributed by atoms with Crippen LogP contribution >= 0.6 is 0 Å². The highest BCUT2D eigenvalue weighted by Gasteiger charge is 2.25. The number of benzene rings is 1. The molecule has 0 bridgehead atoms. The van der Waals surface area contributed by atoms with Crippen molar-refractivity contribution in [1.82, 2.24) is 15.6 Å². The Morgan fingerprint density at radius 1 is 1.31 bits per heavy atom. The minimum absolute atomic E-state index is 0.131. The summed E-state index contributed by atoms with van der Waals surface area (Å²) in [5, 5.41) is 6.63. The first-order chi connectivity index (χ1) is 14.1. The molecular formula is C21H27F2N5O. The summed E-state index contributed by atoms with van der Waals surface area (Å²) in [5.74, 6) is 0.475. The predicted octanol–water partition coefficient (Wildman–Crippen LogP) is 2.84. The van der Waals surface area contributed by atoms with Crippen LogP contribution in [0.3, 0.4) is 0 Å². The fourth-order valence-corrected chi connectivity index (χ4v) is 3.36. The standard InChI is InChI=1S/C21H27F2N5O/c1-3-24-21(26-12-15-6-7-18(22)16(11-15)14-29-2)27-17-8-10-28(13-17)20-19(23)5-4-9-25-20/h4-7,9,11,17H,3,8,10,12-14H2,1-2H3,(H2,24,26,27). The third-order valence-corrected chi connectivity index (χ3v) is 4.74. The van der Waals surface area contributed by atoms with E-state index in [0.29, 0.717) is 30.4 Å². The number of rotatable bonds is 7. The second-order valence-electron chi connectivity index (χ2n) is 6.94. The number of hydrogen-bond acceptors (Lipinski definition) is 4. The molecule has 0 radical (unpaired) electrons. The highest BCUT2D eigenvalue weighted by molar-refractivity contribution is 5.80. The number of anilines is 1. The van der Waals surface area contributed by atoms with Crippen LogP contribution in [0.15, 0.2) is 41.5 Å². The van der Waals surface area contributed by atoms with Crippen LogP contribution in [0.25, 0.3) is 0 Å². The Balaban J connectivity index is 1.63. The molecule has 3 rings (SSSR count). The molecule has 1 atom stereocenters. The van der Waals surface area contributed by atoms with Crippen LogP contribution in [0.2, 0.25) is 0 Å². The predicted molar refractivity (Wildman–Crippen MR) is 110 cm³/mol. The van der Waals surface area contributed by atoms with Gasteiger partial charge in [0.25, 0.3) is 0 Å². The van der Waals surface area contributed by atoms with Gasteiger partial charge in [-0.2, -0.15) is 0 Å². The number of hydrogen-bond donors (Lipinski definition) is 2. The molecule has 0 spiro atoms. The van der Waals surface area contributed by atoms with Gasteiger partial charge in [0.15, 0.2) is 17.6 Å². The second-order valence-corrected chi connectivity index (χ2v) is 6.94. The summed E-state index contributed by atoms with van der Waals surface area (Å²) in [6.45, 7) is 4.73. The van der Waals surface area contributed by atoms with E-state index in [4.69, 9.17) is 4.74 Å². The third kappa shape index (κ3) is 5.63. The van der Waals surface area contributed by atoms with Gasteiger partial charge in [0.2, 0.25) is 0 Å². The van der Waals surface area contributed by atoms with Crippen LogP contribution in [0.5, 0.6) is 0 Å². The van der Waals surface area contributed by atoms with Gasteiger partial charge in [-0.25, -0.2) is 18.8 Å². The SMILES string of the molecule is CCNC(=NCc1ccc(F)c(COC)c1)NC1CCN(c2ncccc2F)C1. The first-order valence-electron chi connectivity index (χ1n) is 9.77. The normalized spacial score (nSPS) is 16.9. The fourth-order valence-electron chi connectivity index (χ4n) is 3.36. The zero-order valence-electron chi connectivity index (χ0n) is 16.8. The molecule has 29 heavy (non-hydrogen) atoms. The van der Waals surface area contributed by atoms with Crippen LogP contribution < -0.4 is 15.5 Å². The van der Waals surface area contributed by atoms with E-state index < -0.39 is 0 Å². The molecule has 6 nitrogen and oxygen atoms in total. The van der Waals surface area contributed by atoms with Crippen molar-refractivity contribution in [2.75, 3.05) is 31.6 Å². The number of guanidine groups is 1. The molecule has 1 aliphatic rings. The highest BCUT2D eigenvalue weighted by Crippen LogP contribution is 2.20. The zero-order chi connectivity index (χ0) is 20.6. The molecule has 1 aromatic heterocycles. The molecule has 1 unspecified atom stereocenters. The molecule has 0 amide bonds. The summed E-state index contributed by atoms with van der Waals surface area (Å²) in [7, 11) is 1.54. The Morgan fingerprint density at radius 3 is 2.93 bits per heavy atom. The Bertz CT molecular complexity index is 846. The van der Waals surface area contributed by atoms with Crippen LogP contribution in [-0.4, -0.2) is 43.7 Å². The summed E-state index contributed by atoms with van der Waals surface area (Å²) >= 11 is 0. The van der Waals surface area contributed by atoms with Crippen LogP contribution in [0, 0.1) is 11.6 Å².